The third-order valence-corrected chi connectivity index (χ3v) is 3.72. The second-order valence-corrected chi connectivity index (χ2v) is 5.62. The van der Waals surface area contributed by atoms with Gasteiger partial charge in [-0.1, -0.05) is 15.9 Å². The lowest BCUT2D eigenvalue weighted by atomic mass is 10.2. The molecule has 1 aromatic carbocycles. The van der Waals surface area contributed by atoms with E-state index in [0.717, 1.165) is 56.0 Å². The molecule has 1 aromatic rings. The number of ether oxygens (including phenoxy) is 1. The Bertz CT molecular complexity index is 378. The van der Waals surface area contributed by atoms with E-state index in [1.807, 2.05) is 12.1 Å². The molecule has 0 spiro atoms. The number of piperazine rings is 1. The van der Waals surface area contributed by atoms with Gasteiger partial charge in [0.05, 0.1) is 6.61 Å². The average Bonchev–Trinajstić information content (AvgIpc) is 2.38. The highest BCUT2D eigenvalue weighted by atomic mass is 79.9. The van der Waals surface area contributed by atoms with Gasteiger partial charge in [0, 0.05) is 37.2 Å². The lowest BCUT2D eigenvalue weighted by molar-refractivity contribution is 0.213. The van der Waals surface area contributed by atoms with Crippen molar-refractivity contribution < 1.29 is 4.74 Å². The first kappa shape index (κ1) is 13.8. The maximum atomic E-state index is 5.82. The lowest BCUT2D eigenvalue weighted by Gasteiger charge is -2.27. The van der Waals surface area contributed by atoms with Crippen LogP contribution in [0.25, 0.3) is 0 Å². The monoisotopic (exact) mass is 312 g/mol. The third-order valence-electron chi connectivity index (χ3n) is 3.22. The Morgan fingerprint density at radius 1 is 1.33 bits per heavy atom. The highest BCUT2D eigenvalue weighted by Crippen LogP contribution is 2.22. The molecule has 0 unspecified atom stereocenters. The van der Waals surface area contributed by atoms with Crippen molar-refractivity contribution in [2.24, 2.45) is 0 Å². The van der Waals surface area contributed by atoms with Crippen LogP contribution in [0.3, 0.4) is 0 Å². The molecule has 1 heterocycles. The molecule has 18 heavy (non-hydrogen) atoms. The number of aryl methyl sites for hydroxylation is 1. The van der Waals surface area contributed by atoms with Crippen LogP contribution in [0.2, 0.25) is 0 Å². The van der Waals surface area contributed by atoms with Gasteiger partial charge in [-0.3, -0.25) is 0 Å². The maximum Gasteiger partial charge on any atom is 0.122 e. The van der Waals surface area contributed by atoms with Crippen molar-refractivity contribution in [3.05, 3.63) is 28.2 Å². The molecule has 0 bridgehead atoms. The minimum atomic E-state index is 0.798. The van der Waals surface area contributed by atoms with E-state index in [4.69, 9.17) is 4.74 Å². The van der Waals surface area contributed by atoms with E-state index in [1.165, 1.54) is 5.56 Å². The van der Waals surface area contributed by atoms with Crippen LogP contribution in [0.1, 0.15) is 12.0 Å². The van der Waals surface area contributed by atoms with Gasteiger partial charge in [0.1, 0.15) is 5.75 Å². The van der Waals surface area contributed by atoms with E-state index >= 15 is 0 Å². The summed E-state index contributed by atoms with van der Waals surface area (Å²) in [6.45, 7) is 8.58. The van der Waals surface area contributed by atoms with Crippen LogP contribution in [0.15, 0.2) is 22.7 Å². The van der Waals surface area contributed by atoms with Crippen molar-refractivity contribution in [2.45, 2.75) is 13.3 Å². The molecule has 100 valence electrons. The van der Waals surface area contributed by atoms with Crippen molar-refractivity contribution in [1.29, 1.82) is 0 Å². The molecule has 1 aliphatic rings. The Balaban J connectivity index is 1.68. The molecule has 0 radical (unpaired) electrons. The number of hydrogen-bond acceptors (Lipinski definition) is 3. The Hall–Kier alpha value is -0.580. The Labute approximate surface area is 118 Å². The number of nitrogens with zero attached hydrogens (tertiary/aromatic N) is 1. The lowest BCUT2D eigenvalue weighted by Crippen LogP contribution is -2.43. The molecule has 1 N–H and O–H groups in total. The first-order valence-electron chi connectivity index (χ1n) is 6.58. The predicted molar refractivity (Wildman–Crippen MR) is 78.3 cm³/mol. The Kier molecular flexibility index (Phi) is 5.47. The van der Waals surface area contributed by atoms with E-state index in [-0.39, 0.29) is 0 Å². The third kappa shape index (κ3) is 4.26. The molecule has 4 heteroatoms. The SMILES string of the molecule is Cc1cc(Br)ccc1OCCCN1CCNCC1. The fraction of sp³-hybridized carbons (Fsp3) is 0.571. The molecular formula is C14H21BrN2O. The summed E-state index contributed by atoms with van der Waals surface area (Å²) in [6, 6.07) is 6.15. The van der Waals surface area contributed by atoms with Crippen LogP contribution in [-0.2, 0) is 0 Å². The molecule has 0 saturated carbocycles. The summed E-state index contributed by atoms with van der Waals surface area (Å²) in [5.41, 5.74) is 1.19. The van der Waals surface area contributed by atoms with Crippen LogP contribution >= 0.6 is 15.9 Å². The zero-order valence-electron chi connectivity index (χ0n) is 10.9. The van der Waals surface area contributed by atoms with Crippen molar-refractivity contribution in [3.8, 4) is 5.75 Å². The summed E-state index contributed by atoms with van der Waals surface area (Å²) in [7, 11) is 0. The molecule has 2 rings (SSSR count). The van der Waals surface area contributed by atoms with Gasteiger partial charge in [0.2, 0.25) is 0 Å². The van der Waals surface area contributed by atoms with Crippen LogP contribution < -0.4 is 10.1 Å². The predicted octanol–water partition coefficient (Wildman–Crippen LogP) is 2.43. The van der Waals surface area contributed by atoms with Gasteiger partial charge in [-0.2, -0.15) is 0 Å². The maximum absolute atomic E-state index is 5.82. The molecule has 0 aromatic heterocycles. The molecule has 1 aliphatic heterocycles. The molecule has 3 nitrogen and oxygen atoms in total. The van der Waals surface area contributed by atoms with Gasteiger partial charge in [-0.05, 0) is 37.1 Å². The largest absolute Gasteiger partial charge is 0.493 e. The second kappa shape index (κ2) is 7.12. The van der Waals surface area contributed by atoms with Crippen molar-refractivity contribution >= 4 is 15.9 Å². The van der Waals surface area contributed by atoms with Gasteiger partial charge in [-0.25, -0.2) is 0 Å². The normalized spacial score (nSPS) is 16.8. The van der Waals surface area contributed by atoms with Crippen LogP contribution in [0.4, 0.5) is 0 Å². The van der Waals surface area contributed by atoms with Crippen molar-refractivity contribution in [1.82, 2.24) is 10.2 Å². The molecular weight excluding hydrogens is 292 g/mol. The van der Waals surface area contributed by atoms with E-state index in [2.05, 4.69) is 39.1 Å². The van der Waals surface area contributed by atoms with E-state index in [0.29, 0.717) is 0 Å². The fourth-order valence-electron chi connectivity index (χ4n) is 2.18. The summed E-state index contributed by atoms with van der Waals surface area (Å²) in [5.74, 6) is 0.999. The number of halogens is 1. The number of benzene rings is 1. The summed E-state index contributed by atoms with van der Waals surface area (Å²) in [4.78, 5) is 2.49. The van der Waals surface area contributed by atoms with Gasteiger partial charge >= 0.3 is 0 Å². The topological polar surface area (TPSA) is 24.5 Å². The molecule has 0 aliphatic carbocycles. The number of nitrogens with one attached hydrogen (secondary N) is 1. The highest BCUT2D eigenvalue weighted by molar-refractivity contribution is 9.10. The summed E-state index contributed by atoms with van der Waals surface area (Å²) in [6.07, 6.45) is 1.09. The van der Waals surface area contributed by atoms with E-state index in [9.17, 15) is 0 Å². The Morgan fingerprint density at radius 3 is 2.83 bits per heavy atom. The first-order valence-corrected chi connectivity index (χ1v) is 7.37. The average molecular weight is 313 g/mol. The molecule has 0 atom stereocenters. The van der Waals surface area contributed by atoms with E-state index < -0.39 is 0 Å². The standard InChI is InChI=1S/C14H21BrN2O/c1-12-11-13(15)3-4-14(12)18-10-2-7-17-8-5-16-6-9-17/h3-4,11,16H,2,5-10H2,1H3. The van der Waals surface area contributed by atoms with Crippen LogP contribution in [0, 0.1) is 6.92 Å². The quantitative estimate of drug-likeness (QED) is 0.845. The minimum absolute atomic E-state index is 0.798. The van der Waals surface area contributed by atoms with Gasteiger partial charge < -0.3 is 15.0 Å². The summed E-state index contributed by atoms with van der Waals surface area (Å²) < 4.78 is 6.92. The fourth-order valence-corrected chi connectivity index (χ4v) is 2.66. The van der Waals surface area contributed by atoms with Crippen LogP contribution in [0.5, 0.6) is 5.75 Å². The zero-order valence-corrected chi connectivity index (χ0v) is 12.5. The van der Waals surface area contributed by atoms with Crippen LogP contribution in [-0.4, -0.2) is 44.2 Å². The van der Waals surface area contributed by atoms with Crippen molar-refractivity contribution in [2.75, 3.05) is 39.3 Å². The molecule has 0 amide bonds. The number of rotatable bonds is 5. The van der Waals surface area contributed by atoms with Gasteiger partial charge in [-0.15, -0.1) is 0 Å². The zero-order chi connectivity index (χ0) is 12.8. The minimum Gasteiger partial charge on any atom is -0.493 e. The molecule has 1 fully saturated rings. The highest BCUT2D eigenvalue weighted by Gasteiger charge is 2.08. The Morgan fingerprint density at radius 2 is 2.11 bits per heavy atom. The van der Waals surface area contributed by atoms with Gasteiger partial charge in [0.25, 0.3) is 0 Å². The van der Waals surface area contributed by atoms with Gasteiger partial charge in [0.15, 0.2) is 0 Å². The smallest absolute Gasteiger partial charge is 0.122 e. The van der Waals surface area contributed by atoms with E-state index in [1.54, 1.807) is 0 Å². The van der Waals surface area contributed by atoms with Crippen molar-refractivity contribution in [3.63, 3.8) is 0 Å². The number of hydrogen-bond donors (Lipinski definition) is 1. The second-order valence-electron chi connectivity index (χ2n) is 4.70. The summed E-state index contributed by atoms with van der Waals surface area (Å²) in [5, 5.41) is 3.37. The molecule has 1 saturated heterocycles. The first-order chi connectivity index (χ1) is 8.75. The summed E-state index contributed by atoms with van der Waals surface area (Å²) >= 11 is 3.46.